The average molecular weight is 436 g/mol. The first kappa shape index (κ1) is 23.0. The third-order valence-corrected chi connectivity index (χ3v) is 6.03. The zero-order valence-electron chi connectivity index (χ0n) is 18.4. The number of carbonyl (C=O) groups is 1. The van der Waals surface area contributed by atoms with Crippen molar-refractivity contribution >= 4 is 22.2 Å². The van der Waals surface area contributed by atoms with Gasteiger partial charge in [-0.1, -0.05) is 12.7 Å². The molecule has 7 heteroatoms. The number of hydrogen-bond acceptors (Lipinski definition) is 6. The fourth-order valence-corrected chi connectivity index (χ4v) is 4.61. The number of hydrogen-bond donors (Lipinski definition) is 0. The summed E-state index contributed by atoms with van der Waals surface area (Å²) >= 11 is 0. The van der Waals surface area contributed by atoms with Crippen LogP contribution in [0.4, 0.5) is 0 Å². The van der Waals surface area contributed by atoms with Gasteiger partial charge < -0.3 is 4.74 Å². The molecule has 1 aliphatic heterocycles. The third kappa shape index (κ3) is 6.40. The predicted molar refractivity (Wildman–Crippen MR) is 118 cm³/mol. The Labute approximate surface area is 180 Å². The maximum absolute atomic E-state index is 12.7. The van der Waals surface area contributed by atoms with Gasteiger partial charge in [0, 0.05) is 19.6 Å². The van der Waals surface area contributed by atoms with Crippen molar-refractivity contribution in [3.8, 4) is 0 Å². The summed E-state index contributed by atoms with van der Waals surface area (Å²) in [6.07, 6.45) is 6.23. The van der Waals surface area contributed by atoms with Crippen LogP contribution in [-0.2, 0) is 25.6 Å². The highest BCUT2D eigenvalue weighted by Gasteiger charge is 2.30. The largest absolute Gasteiger partial charge is 0.456 e. The third-order valence-electron chi connectivity index (χ3n) is 5.41. The van der Waals surface area contributed by atoms with Gasteiger partial charge in [0.1, 0.15) is 5.60 Å². The fraction of sp³-hybridized carbons (Fsp3) is 0.609. The summed E-state index contributed by atoms with van der Waals surface area (Å²) in [6.45, 7) is 11.8. The van der Waals surface area contributed by atoms with E-state index >= 15 is 0 Å². The molecular formula is C23H33NO5S. The second kappa shape index (κ2) is 8.81. The number of likely N-dealkylation sites (tertiary alicyclic amines) is 1. The van der Waals surface area contributed by atoms with Crippen LogP contribution in [0.3, 0.4) is 0 Å². The Hall–Kier alpha value is -1.70. The first-order valence-electron chi connectivity index (χ1n) is 10.6. The summed E-state index contributed by atoms with van der Waals surface area (Å²) in [5, 5.41) is 0. The lowest BCUT2D eigenvalue weighted by atomic mass is 9.94. The van der Waals surface area contributed by atoms with Crippen LogP contribution in [0.15, 0.2) is 18.7 Å². The molecule has 0 bridgehead atoms. The van der Waals surface area contributed by atoms with E-state index in [-0.39, 0.29) is 12.1 Å². The van der Waals surface area contributed by atoms with Crippen molar-refractivity contribution in [2.45, 2.75) is 70.6 Å². The topological polar surface area (TPSA) is 72.9 Å². The van der Waals surface area contributed by atoms with Crippen LogP contribution in [0, 0.1) is 0 Å². The Morgan fingerprint density at radius 2 is 1.83 bits per heavy atom. The minimum absolute atomic E-state index is 0.238. The van der Waals surface area contributed by atoms with E-state index < -0.39 is 15.7 Å². The van der Waals surface area contributed by atoms with Gasteiger partial charge in [-0.3, -0.25) is 9.08 Å². The summed E-state index contributed by atoms with van der Waals surface area (Å²) in [4.78, 5) is 15.1. The molecule has 2 fully saturated rings. The van der Waals surface area contributed by atoms with Gasteiger partial charge in [-0.15, -0.1) is 0 Å². The van der Waals surface area contributed by atoms with E-state index in [1.807, 2.05) is 26.8 Å². The molecular weight excluding hydrogens is 402 g/mol. The van der Waals surface area contributed by atoms with E-state index in [1.165, 1.54) is 11.1 Å². The number of nitrogens with zero attached hydrogens (tertiary/aromatic N) is 1. The minimum atomic E-state index is -3.42. The number of esters is 1. The van der Waals surface area contributed by atoms with Crippen molar-refractivity contribution in [3.63, 3.8) is 0 Å². The number of carbonyl (C=O) groups excluding carboxylic acids is 1. The van der Waals surface area contributed by atoms with E-state index in [2.05, 4.69) is 17.5 Å². The van der Waals surface area contributed by atoms with Gasteiger partial charge in [0.25, 0.3) is 10.1 Å². The van der Waals surface area contributed by atoms with Gasteiger partial charge in [0.15, 0.2) is 0 Å². The van der Waals surface area contributed by atoms with E-state index in [4.69, 9.17) is 8.92 Å². The lowest BCUT2D eigenvalue weighted by molar-refractivity contribution is 0.00690. The highest BCUT2D eigenvalue weighted by atomic mass is 32.2. The van der Waals surface area contributed by atoms with Crippen molar-refractivity contribution in [2.75, 3.05) is 19.3 Å². The highest BCUT2D eigenvalue weighted by Crippen LogP contribution is 2.43. The predicted octanol–water partition coefficient (Wildman–Crippen LogP) is 4.10. The molecule has 3 rings (SSSR count). The van der Waals surface area contributed by atoms with Crippen molar-refractivity contribution in [1.29, 1.82) is 0 Å². The summed E-state index contributed by atoms with van der Waals surface area (Å²) in [7, 11) is -3.42. The van der Waals surface area contributed by atoms with Crippen LogP contribution in [0.25, 0.3) is 6.08 Å². The molecule has 1 aliphatic carbocycles. The summed E-state index contributed by atoms with van der Waals surface area (Å²) in [5.41, 5.74) is 3.25. The molecule has 0 unspecified atom stereocenters. The molecule has 1 saturated heterocycles. The number of benzene rings is 1. The zero-order valence-corrected chi connectivity index (χ0v) is 19.3. The van der Waals surface area contributed by atoms with Gasteiger partial charge in [-0.05, 0) is 81.2 Å². The summed E-state index contributed by atoms with van der Waals surface area (Å²) in [5.74, 6) is 0.177. The Kier molecular flexibility index (Phi) is 6.75. The molecule has 166 valence electrons. The first-order chi connectivity index (χ1) is 13.9. The van der Waals surface area contributed by atoms with E-state index in [9.17, 15) is 13.2 Å². The fourth-order valence-electron chi connectivity index (χ4n) is 3.92. The summed E-state index contributed by atoms with van der Waals surface area (Å²) in [6, 6.07) is 4.07. The molecule has 1 saturated carbocycles. The molecule has 1 aromatic rings. The van der Waals surface area contributed by atoms with E-state index in [0.29, 0.717) is 24.3 Å². The maximum atomic E-state index is 12.7. The van der Waals surface area contributed by atoms with Crippen LogP contribution in [0.5, 0.6) is 0 Å². The van der Waals surface area contributed by atoms with Gasteiger partial charge in [0.2, 0.25) is 0 Å². The number of rotatable bonds is 7. The van der Waals surface area contributed by atoms with Crippen LogP contribution >= 0.6 is 0 Å². The van der Waals surface area contributed by atoms with Crippen molar-refractivity contribution in [3.05, 3.63) is 41.0 Å². The molecule has 0 amide bonds. The minimum Gasteiger partial charge on any atom is -0.456 e. The lowest BCUT2D eigenvalue weighted by Crippen LogP contribution is -2.37. The molecule has 0 N–H and O–H groups in total. The molecule has 1 aromatic carbocycles. The van der Waals surface area contributed by atoms with Crippen molar-refractivity contribution < 1.29 is 22.1 Å². The standard InChI is InChI=1S/C23H33NO5S/c1-6-16-13-18(15-24-11-9-19(10-12-24)29-30(5,26)27)20(17-7-8-17)14-21(16)22(25)28-23(2,3)4/h6,13-14,17,19H,1,7-12,15H2,2-5H3. The zero-order chi connectivity index (χ0) is 22.1. The molecule has 1 heterocycles. The van der Waals surface area contributed by atoms with Crippen molar-refractivity contribution in [2.24, 2.45) is 0 Å². The molecule has 0 atom stereocenters. The van der Waals surface area contributed by atoms with Gasteiger partial charge in [-0.25, -0.2) is 4.79 Å². The molecule has 30 heavy (non-hydrogen) atoms. The van der Waals surface area contributed by atoms with Crippen LogP contribution in [-0.4, -0.2) is 50.3 Å². The average Bonchev–Trinajstić information content (AvgIpc) is 3.45. The first-order valence-corrected chi connectivity index (χ1v) is 12.4. The molecule has 0 radical (unpaired) electrons. The van der Waals surface area contributed by atoms with Gasteiger partial charge in [-0.2, -0.15) is 8.42 Å². The van der Waals surface area contributed by atoms with Crippen LogP contribution in [0.1, 0.15) is 79.4 Å². The number of piperidine rings is 1. The maximum Gasteiger partial charge on any atom is 0.339 e. The summed E-state index contributed by atoms with van der Waals surface area (Å²) < 4.78 is 33.5. The Morgan fingerprint density at radius 3 is 2.33 bits per heavy atom. The highest BCUT2D eigenvalue weighted by molar-refractivity contribution is 7.86. The smallest absolute Gasteiger partial charge is 0.339 e. The second-order valence-electron chi connectivity index (χ2n) is 9.39. The van der Waals surface area contributed by atoms with Crippen molar-refractivity contribution in [1.82, 2.24) is 4.90 Å². The lowest BCUT2D eigenvalue weighted by Gasteiger charge is -2.32. The van der Waals surface area contributed by atoms with Crippen LogP contribution < -0.4 is 0 Å². The normalized spacial score (nSPS) is 18.9. The second-order valence-corrected chi connectivity index (χ2v) is 11.0. The Bertz CT molecular complexity index is 904. The molecule has 2 aliphatic rings. The van der Waals surface area contributed by atoms with Gasteiger partial charge >= 0.3 is 5.97 Å². The SMILES string of the molecule is C=Cc1cc(CN2CCC(OS(C)(=O)=O)CC2)c(C2CC2)cc1C(=O)OC(C)(C)C. The molecule has 6 nitrogen and oxygen atoms in total. The van der Waals surface area contributed by atoms with Gasteiger partial charge in [0.05, 0.1) is 17.9 Å². The Balaban J connectivity index is 1.77. The molecule has 0 aromatic heterocycles. The number of ether oxygens (including phenoxy) is 1. The monoisotopic (exact) mass is 435 g/mol. The van der Waals surface area contributed by atoms with E-state index in [1.54, 1.807) is 6.08 Å². The quantitative estimate of drug-likeness (QED) is 0.474. The molecule has 0 spiro atoms. The van der Waals surface area contributed by atoms with E-state index in [0.717, 1.165) is 44.3 Å². The Morgan fingerprint density at radius 1 is 1.20 bits per heavy atom. The van der Waals surface area contributed by atoms with Crippen LogP contribution in [0.2, 0.25) is 0 Å².